The summed E-state index contributed by atoms with van der Waals surface area (Å²) in [5, 5.41) is 14.6. The molecular formula is C35H42N2O4. The SMILES string of the molecule is C=CCN1CC[C@@]2(c3cccc(OC(C)=O)c3)C[C@@H](N(CC(C)C)C(=O)c3ccc4ccccc4c3)CC[C@]2(O)C1. The fourth-order valence-corrected chi connectivity index (χ4v) is 7.14. The van der Waals surface area contributed by atoms with Crippen molar-refractivity contribution in [3.63, 3.8) is 0 Å². The highest BCUT2D eigenvalue weighted by atomic mass is 16.5. The van der Waals surface area contributed by atoms with Gasteiger partial charge in [-0.25, -0.2) is 0 Å². The molecule has 1 saturated heterocycles. The van der Waals surface area contributed by atoms with Gasteiger partial charge in [-0.3, -0.25) is 14.5 Å². The number of piperidine rings is 1. The number of carbonyl (C=O) groups is 2. The molecule has 1 aliphatic heterocycles. The molecule has 1 aliphatic carbocycles. The number of aliphatic hydroxyl groups is 1. The minimum absolute atomic E-state index is 0.0350. The number of likely N-dealkylation sites (tertiary alicyclic amines) is 1. The van der Waals surface area contributed by atoms with Gasteiger partial charge in [0, 0.05) is 43.6 Å². The minimum Gasteiger partial charge on any atom is -0.427 e. The van der Waals surface area contributed by atoms with E-state index in [2.05, 4.69) is 36.3 Å². The number of hydrogen-bond donors (Lipinski definition) is 1. The number of fused-ring (bicyclic) bond motifs is 2. The summed E-state index contributed by atoms with van der Waals surface area (Å²) in [6, 6.07) is 21.7. The van der Waals surface area contributed by atoms with Gasteiger partial charge in [0.25, 0.3) is 5.91 Å². The first-order chi connectivity index (χ1) is 19.6. The third-order valence-electron chi connectivity index (χ3n) is 9.00. The number of ether oxygens (including phenoxy) is 1. The van der Waals surface area contributed by atoms with Crippen molar-refractivity contribution in [1.29, 1.82) is 0 Å². The second kappa shape index (κ2) is 11.8. The van der Waals surface area contributed by atoms with Gasteiger partial charge in [-0.15, -0.1) is 6.58 Å². The third-order valence-corrected chi connectivity index (χ3v) is 9.00. The highest BCUT2D eigenvalue weighted by Crippen LogP contribution is 2.53. The van der Waals surface area contributed by atoms with Gasteiger partial charge in [-0.1, -0.05) is 62.4 Å². The Morgan fingerprint density at radius 1 is 1.10 bits per heavy atom. The van der Waals surface area contributed by atoms with E-state index in [1.165, 1.54) is 6.92 Å². The lowest BCUT2D eigenvalue weighted by Crippen LogP contribution is -2.67. The quantitative estimate of drug-likeness (QED) is 0.211. The Kier molecular flexibility index (Phi) is 8.35. The molecule has 3 atom stereocenters. The summed E-state index contributed by atoms with van der Waals surface area (Å²) >= 11 is 0. The maximum absolute atomic E-state index is 14.2. The molecule has 1 amide bonds. The van der Waals surface area contributed by atoms with Crippen LogP contribution in [-0.2, 0) is 10.2 Å². The molecule has 1 saturated carbocycles. The average molecular weight is 555 g/mol. The molecule has 3 aromatic carbocycles. The lowest BCUT2D eigenvalue weighted by molar-refractivity contribution is -0.132. The van der Waals surface area contributed by atoms with Crippen LogP contribution >= 0.6 is 0 Å². The van der Waals surface area contributed by atoms with Gasteiger partial charge >= 0.3 is 5.97 Å². The molecule has 3 aromatic rings. The van der Waals surface area contributed by atoms with E-state index in [-0.39, 0.29) is 23.8 Å². The van der Waals surface area contributed by atoms with E-state index in [1.54, 1.807) is 6.07 Å². The Morgan fingerprint density at radius 3 is 2.61 bits per heavy atom. The summed E-state index contributed by atoms with van der Waals surface area (Å²) in [5.41, 5.74) is 0.0684. The second-order valence-electron chi connectivity index (χ2n) is 12.3. The molecule has 216 valence electrons. The standard InChI is InChI=1S/C35H42N2O4/c1-5-18-36-19-17-34(30-11-8-12-32(21-30)41-26(4)38)22-31(15-16-35(34,40)24-36)37(23-25(2)3)33(39)29-14-13-27-9-6-7-10-28(27)20-29/h5-14,20-21,25,31,40H,1,15-19,22-24H2,2-4H3/t31-,34-,35-/m0/s1. The molecule has 2 fully saturated rings. The summed E-state index contributed by atoms with van der Waals surface area (Å²) in [7, 11) is 0. The lowest BCUT2D eigenvalue weighted by atomic mass is 9.55. The summed E-state index contributed by atoms with van der Waals surface area (Å²) in [6.45, 7) is 12.3. The highest BCUT2D eigenvalue weighted by Gasteiger charge is 2.58. The lowest BCUT2D eigenvalue weighted by Gasteiger charge is -2.59. The molecule has 6 heteroatoms. The Bertz CT molecular complexity index is 1430. The normalized spacial score (nSPS) is 24.6. The maximum Gasteiger partial charge on any atom is 0.308 e. The van der Waals surface area contributed by atoms with E-state index in [4.69, 9.17) is 4.74 Å². The first kappa shape index (κ1) is 29.0. The van der Waals surface area contributed by atoms with Crippen molar-refractivity contribution in [3.8, 4) is 5.75 Å². The zero-order valence-corrected chi connectivity index (χ0v) is 24.5. The van der Waals surface area contributed by atoms with Gasteiger partial charge in [-0.2, -0.15) is 0 Å². The molecule has 0 bridgehead atoms. The van der Waals surface area contributed by atoms with Crippen molar-refractivity contribution in [1.82, 2.24) is 9.80 Å². The summed E-state index contributed by atoms with van der Waals surface area (Å²) in [6.07, 6.45) is 4.55. The Balaban J connectivity index is 1.54. The van der Waals surface area contributed by atoms with Crippen LogP contribution in [0.25, 0.3) is 10.8 Å². The van der Waals surface area contributed by atoms with Gasteiger partial charge in [0.1, 0.15) is 5.75 Å². The van der Waals surface area contributed by atoms with Crippen molar-refractivity contribution < 1.29 is 19.4 Å². The molecular weight excluding hydrogens is 512 g/mol. The minimum atomic E-state index is -0.991. The van der Waals surface area contributed by atoms with E-state index in [1.807, 2.05) is 60.7 Å². The van der Waals surface area contributed by atoms with Crippen molar-refractivity contribution >= 4 is 22.6 Å². The van der Waals surface area contributed by atoms with E-state index >= 15 is 0 Å². The van der Waals surface area contributed by atoms with Gasteiger partial charge in [0.05, 0.1) is 5.60 Å². The van der Waals surface area contributed by atoms with Crippen LogP contribution in [0.2, 0.25) is 0 Å². The topological polar surface area (TPSA) is 70.1 Å². The fraction of sp³-hybridized carbons (Fsp3) is 0.429. The molecule has 0 radical (unpaired) electrons. The number of esters is 1. The Labute approximate surface area is 243 Å². The van der Waals surface area contributed by atoms with E-state index < -0.39 is 11.0 Å². The van der Waals surface area contributed by atoms with E-state index in [9.17, 15) is 14.7 Å². The van der Waals surface area contributed by atoms with Crippen LogP contribution in [0, 0.1) is 5.92 Å². The van der Waals surface area contributed by atoms with Crippen LogP contribution in [0.1, 0.15) is 62.4 Å². The largest absolute Gasteiger partial charge is 0.427 e. The molecule has 0 spiro atoms. The monoisotopic (exact) mass is 554 g/mol. The van der Waals surface area contributed by atoms with Crippen molar-refractivity contribution in [2.45, 2.75) is 63.5 Å². The Hall–Kier alpha value is -3.48. The third kappa shape index (κ3) is 5.81. The summed E-state index contributed by atoms with van der Waals surface area (Å²) < 4.78 is 5.46. The summed E-state index contributed by atoms with van der Waals surface area (Å²) in [5.74, 6) is 0.431. The predicted molar refractivity (Wildman–Crippen MR) is 163 cm³/mol. The van der Waals surface area contributed by atoms with Crippen LogP contribution in [0.15, 0.2) is 79.4 Å². The zero-order chi connectivity index (χ0) is 29.2. The van der Waals surface area contributed by atoms with Crippen LogP contribution < -0.4 is 4.74 Å². The smallest absolute Gasteiger partial charge is 0.308 e. The summed E-state index contributed by atoms with van der Waals surface area (Å²) in [4.78, 5) is 30.3. The van der Waals surface area contributed by atoms with Crippen LogP contribution in [0.4, 0.5) is 0 Å². The fourth-order valence-electron chi connectivity index (χ4n) is 7.14. The van der Waals surface area contributed by atoms with Gasteiger partial charge in [0.2, 0.25) is 0 Å². The average Bonchev–Trinajstić information content (AvgIpc) is 2.95. The van der Waals surface area contributed by atoms with Crippen LogP contribution in [0.5, 0.6) is 5.75 Å². The van der Waals surface area contributed by atoms with Crippen molar-refractivity contribution in [2.24, 2.45) is 5.92 Å². The highest BCUT2D eigenvalue weighted by molar-refractivity contribution is 5.98. The molecule has 5 rings (SSSR count). The number of amides is 1. The van der Waals surface area contributed by atoms with Crippen molar-refractivity contribution in [3.05, 3.63) is 90.5 Å². The molecule has 1 heterocycles. The maximum atomic E-state index is 14.2. The van der Waals surface area contributed by atoms with Gasteiger partial charge < -0.3 is 14.7 Å². The van der Waals surface area contributed by atoms with Crippen LogP contribution in [0.3, 0.4) is 0 Å². The molecule has 6 nitrogen and oxygen atoms in total. The van der Waals surface area contributed by atoms with Gasteiger partial charge in [0.15, 0.2) is 0 Å². The first-order valence-electron chi connectivity index (χ1n) is 14.8. The Morgan fingerprint density at radius 2 is 1.88 bits per heavy atom. The van der Waals surface area contributed by atoms with Gasteiger partial charge in [-0.05, 0) is 78.7 Å². The molecule has 2 aliphatic rings. The molecule has 0 aromatic heterocycles. The number of β-amino-alcohol motifs (C(OH)–C–C–N with tert-alkyl or cyclic N) is 1. The zero-order valence-electron chi connectivity index (χ0n) is 24.5. The molecule has 0 unspecified atom stereocenters. The van der Waals surface area contributed by atoms with E-state index in [0.29, 0.717) is 37.2 Å². The second-order valence-corrected chi connectivity index (χ2v) is 12.3. The number of benzene rings is 3. The van der Waals surface area contributed by atoms with Crippen LogP contribution in [-0.4, -0.2) is 64.6 Å². The number of rotatable bonds is 8. The number of carbonyl (C=O) groups excluding carboxylic acids is 2. The first-order valence-corrected chi connectivity index (χ1v) is 14.8. The van der Waals surface area contributed by atoms with Crippen molar-refractivity contribution in [2.75, 3.05) is 26.2 Å². The number of hydrogen-bond acceptors (Lipinski definition) is 5. The van der Waals surface area contributed by atoms with E-state index in [0.717, 1.165) is 42.3 Å². The predicted octanol–water partition coefficient (Wildman–Crippen LogP) is 5.98. The number of nitrogens with zero attached hydrogens (tertiary/aromatic N) is 2. The molecule has 1 N–H and O–H groups in total. The molecule has 41 heavy (non-hydrogen) atoms.